The van der Waals surface area contributed by atoms with Gasteiger partial charge in [0.1, 0.15) is 11.5 Å². The van der Waals surface area contributed by atoms with Gasteiger partial charge in [0.05, 0.1) is 12.9 Å². The molecular formula is C24H32N6O3. The zero-order valence-electron chi connectivity index (χ0n) is 19.6. The lowest BCUT2D eigenvalue weighted by molar-refractivity contribution is 0.0962. The van der Waals surface area contributed by atoms with Gasteiger partial charge in [0.15, 0.2) is 0 Å². The highest BCUT2D eigenvalue weighted by molar-refractivity contribution is 6.01. The Kier molecular flexibility index (Phi) is 9.08. The zero-order chi connectivity index (χ0) is 24.5. The maximum atomic E-state index is 12.6. The molecule has 9 nitrogen and oxygen atoms in total. The van der Waals surface area contributed by atoms with E-state index in [2.05, 4.69) is 16.9 Å². The van der Waals surface area contributed by atoms with Crippen molar-refractivity contribution in [1.29, 1.82) is 10.8 Å². The summed E-state index contributed by atoms with van der Waals surface area (Å²) in [5.41, 5.74) is 3.16. The molecule has 0 aliphatic carbocycles. The van der Waals surface area contributed by atoms with Crippen LogP contribution in [0, 0.1) is 10.8 Å². The van der Waals surface area contributed by atoms with Crippen molar-refractivity contribution in [3.05, 3.63) is 65.2 Å². The highest BCUT2D eigenvalue weighted by Gasteiger charge is 2.23. The summed E-state index contributed by atoms with van der Waals surface area (Å²) in [6, 6.07) is 1.70. The monoisotopic (exact) mass is 452 g/mol. The molecule has 2 rings (SSSR count). The number of amides is 2. The Morgan fingerprint density at radius 2 is 2.12 bits per heavy atom. The molecule has 0 saturated heterocycles. The Labute approximate surface area is 194 Å². The van der Waals surface area contributed by atoms with Crippen LogP contribution in [0.4, 0.5) is 4.79 Å². The minimum absolute atomic E-state index is 0.00470. The summed E-state index contributed by atoms with van der Waals surface area (Å²) in [7, 11) is 0. The van der Waals surface area contributed by atoms with Gasteiger partial charge in [-0.15, -0.1) is 0 Å². The van der Waals surface area contributed by atoms with Crippen LogP contribution in [0.1, 0.15) is 49.3 Å². The second-order valence-corrected chi connectivity index (χ2v) is 7.88. The Balaban J connectivity index is 2.00. The minimum Gasteiger partial charge on any atom is -0.450 e. The molecule has 33 heavy (non-hydrogen) atoms. The van der Waals surface area contributed by atoms with Gasteiger partial charge in [-0.1, -0.05) is 18.7 Å². The number of carbonyl (C=O) groups is 2. The van der Waals surface area contributed by atoms with Crippen LogP contribution >= 0.6 is 0 Å². The molecule has 0 aromatic carbocycles. The third kappa shape index (κ3) is 6.86. The van der Waals surface area contributed by atoms with Crippen molar-refractivity contribution in [1.82, 2.24) is 20.1 Å². The van der Waals surface area contributed by atoms with Crippen LogP contribution in [0.5, 0.6) is 0 Å². The Morgan fingerprint density at radius 1 is 1.39 bits per heavy atom. The van der Waals surface area contributed by atoms with E-state index in [1.807, 2.05) is 13.8 Å². The Bertz CT molecular complexity index is 996. The fraction of sp³-hybridized carbons (Fsp3) is 0.375. The standard InChI is InChI=1S/C24H32N6O3/c1-6-33-24(32)29-11-10-19-13-27-21(12-20(19)14-29)23(31)28-18(5)9-7-8-17(4)22(26)30(15-25)16(2)3/h7-9,12-13,15-16,25-26H,5-6,10-11,14H2,1-4H3,(H,28,31)/b9-7-,17-8+,25-15?,26-22?. The quantitative estimate of drug-likeness (QED) is 0.316. The van der Waals surface area contributed by atoms with E-state index in [0.29, 0.717) is 37.4 Å². The third-order valence-corrected chi connectivity index (χ3v) is 5.10. The molecule has 0 atom stereocenters. The molecule has 1 aliphatic heterocycles. The van der Waals surface area contributed by atoms with Crippen LogP contribution in [0.15, 0.2) is 48.3 Å². The number of ether oxygens (including phenoxy) is 1. The number of rotatable bonds is 8. The number of aromatic nitrogens is 1. The van der Waals surface area contributed by atoms with Crippen molar-refractivity contribution in [3.8, 4) is 0 Å². The van der Waals surface area contributed by atoms with Crippen LogP contribution < -0.4 is 5.32 Å². The molecule has 2 amide bonds. The number of allylic oxidation sites excluding steroid dienone is 3. The molecule has 2 heterocycles. The summed E-state index contributed by atoms with van der Waals surface area (Å²) >= 11 is 0. The molecule has 0 fully saturated rings. The van der Waals surface area contributed by atoms with Gasteiger partial charge in [-0.25, -0.2) is 4.79 Å². The Hall–Kier alpha value is -3.75. The van der Waals surface area contributed by atoms with Crippen LogP contribution in [-0.4, -0.2) is 58.2 Å². The van der Waals surface area contributed by atoms with Gasteiger partial charge in [-0.05, 0) is 63.0 Å². The third-order valence-electron chi connectivity index (χ3n) is 5.10. The highest BCUT2D eigenvalue weighted by Crippen LogP contribution is 2.20. The number of fused-ring (bicyclic) bond motifs is 1. The lowest BCUT2D eigenvalue weighted by Gasteiger charge is -2.28. The van der Waals surface area contributed by atoms with Crippen molar-refractivity contribution in [2.45, 2.75) is 46.7 Å². The van der Waals surface area contributed by atoms with Crippen LogP contribution in [0.3, 0.4) is 0 Å². The fourth-order valence-electron chi connectivity index (χ4n) is 3.25. The molecule has 9 heteroatoms. The van der Waals surface area contributed by atoms with Crippen molar-refractivity contribution in [2.75, 3.05) is 13.2 Å². The maximum Gasteiger partial charge on any atom is 0.410 e. The molecule has 1 aromatic rings. The molecule has 0 saturated carbocycles. The van der Waals surface area contributed by atoms with Gasteiger partial charge >= 0.3 is 6.09 Å². The van der Waals surface area contributed by atoms with Gasteiger partial charge in [0.2, 0.25) is 0 Å². The summed E-state index contributed by atoms with van der Waals surface area (Å²) < 4.78 is 5.07. The molecule has 0 unspecified atom stereocenters. The van der Waals surface area contributed by atoms with E-state index in [1.54, 1.807) is 54.1 Å². The number of hydrogen-bond donors (Lipinski definition) is 3. The smallest absolute Gasteiger partial charge is 0.410 e. The molecule has 0 spiro atoms. The minimum atomic E-state index is -0.399. The Morgan fingerprint density at radius 3 is 2.76 bits per heavy atom. The number of pyridine rings is 1. The van der Waals surface area contributed by atoms with Crippen LogP contribution in [0.25, 0.3) is 0 Å². The first-order chi connectivity index (χ1) is 15.7. The van der Waals surface area contributed by atoms with E-state index < -0.39 is 5.91 Å². The van der Waals surface area contributed by atoms with E-state index >= 15 is 0 Å². The van der Waals surface area contributed by atoms with Gasteiger partial charge < -0.3 is 19.9 Å². The van der Waals surface area contributed by atoms with E-state index in [1.165, 1.54) is 0 Å². The first-order valence-electron chi connectivity index (χ1n) is 10.8. The predicted molar refractivity (Wildman–Crippen MR) is 128 cm³/mol. The summed E-state index contributed by atoms with van der Waals surface area (Å²) in [4.78, 5) is 32.0. The number of nitrogens with zero attached hydrogens (tertiary/aromatic N) is 3. The molecule has 1 aliphatic rings. The molecule has 1 aromatic heterocycles. The van der Waals surface area contributed by atoms with Crippen molar-refractivity contribution in [3.63, 3.8) is 0 Å². The van der Waals surface area contributed by atoms with Gasteiger partial charge in [-0.3, -0.25) is 20.6 Å². The second-order valence-electron chi connectivity index (χ2n) is 7.88. The topological polar surface area (TPSA) is 122 Å². The second kappa shape index (κ2) is 11.8. The normalized spacial score (nSPS) is 13.5. The SMILES string of the molecule is C=C(/C=C\C=C(/C)C(=N)N(C=N)C(C)C)NC(=O)c1cc2c(cn1)CCN(C(=O)OCC)C2. The van der Waals surface area contributed by atoms with Crippen molar-refractivity contribution < 1.29 is 14.3 Å². The number of carbonyl (C=O) groups excluding carboxylic acids is 2. The average Bonchev–Trinajstić information content (AvgIpc) is 2.78. The van der Waals surface area contributed by atoms with Crippen LogP contribution in [-0.2, 0) is 17.7 Å². The lowest BCUT2D eigenvalue weighted by atomic mass is 10.0. The summed E-state index contributed by atoms with van der Waals surface area (Å²) in [5, 5.41) is 18.3. The number of nitrogens with one attached hydrogen (secondary N) is 3. The van der Waals surface area contributed by atoms with Crippen LogP contribution in [0.2, 0.25) is 0 Å². The van der Waals surface area contributed by atoms with Gasteiger partial charge in [0.25, 0.3) is 5.91 Å². The predicted octanol–water partition coefficient (Wildman–Crippen LogP) is 3.64. The molecule has 176 valence electrons. The van der Waals surface area contributed by atoms with Crippen molar-refractivity contribution >= 4 is 24.2 Å². The van der Waals surface area contributed by atoms with E-state index in [0.717, 1.165) is 17.5 Å². The summed E-state index contributed by atoms with van der Waals surface area (Å²) in [5.74, 6) is -0.168. The van der Waals surface area contributed by atoms with E-state index in [9.17, 15) is 9.59 Å². The number of hydrogen-bond acceptors (Lipinski definition) is 6. The number of amidine groups is 1. The largest absolute Gasteiger partial charge is 0.450 e. The lowest BCUT2D eigenvalue weighted by Crippen LogP contribution is -2.36. The van der Waals surface area contributed by atoms with Crippen molar-refractivity contribution in [2.24, 2.45) is 0 Å². The molecule has 0 bridgehead atoms. The first-order valence-corrected chi connectivity index (χ1v) is 10.8. The van der Waals surface area contributed by atoms with E-state index in [4.69, 9.17) is 15.6 Å². The first kappa shape index (κ1) is 25.5. The summed E-state index contributed by atoms with van der Waals surface area (Å²) in [6.07, 6.45) is 8.13. The average molecular weight is 453 g/mol. The summed E-state index contributed by atoms with van der Waals surface area (Å²) in [6.45, 7) is 12.4. The maximum absolute atomic E-state index is 12.6. The highest BCUT2D eigenvalue weighted by atomic mass is 16.6. The fourth-order valence-corrected chi connectivity index (χ4v) is 3.25. The molecule has 0 radical (unpaired) electrons. The van der Waals surface area contributed by atoms with Gasteiger partial charge in [-0.2, -0.15) is 0 Å². The molecular weight excluding hydrogens is 420 g/mol. The zero-order valence-corrected chi connectivity index (χ0v) is 19.6. The van der Waals surface area contributed by atoms with E-state index in [-0.39, 0.29) is 23.7 Å². The molecule has 3 N–H and O–H groups in total. The van der Waals surface area contributed by atoms with Gasteiger partial charge in [0, 0.05) is 31.0 Å².